The van der Waals surface area contributed by atoms with Gasteiger partial charge in [0.2, 0.25) is 0 Å². The maximum atomic E-state index is 12.3. The van der Waals surface area contributed by atoms with Crippen molar-refractivity contribution in [2.75, 3.05) is 0 Å². The Balaban J connectivity index is 2.41. The Kier molecular flexibility index (Phi) is 7.17. The van der Waals surface area contributed by atoms with Gasteiger partial charge in [0.1, 0.15) is 18.0 Å². The molecule has 1 unspecified atom stereocenters. The Morgan fingerprint density at radius 2 is 1.89 bits per heavy atom. The zero-order valence-corrected chi connectivity index (χ0v) is 16.7. The number of ketones is 1. The largest absolute Gasteiger partial charge is 0.462 e. The number of carbonyl (C=O) groups is 3. The van der Waals surface area contributed by atoms with Crippen molar-refractivity contribution in [3.63, 3.8) is 0 Å². The molecule has 1 fully saturated rings. The lowest BCUT2D eigenvalue weighted by Gasteiger charge is -2.28. The summed E-state index contributed by atoms with van der Waals surface area (Å²) in [4.78, 5) is 36.1. The SMILES string of the molecule is C=C1C(=O)O[C@H]2/C=C(\C)CC/C=C(\C)CCC(C(C)=O)[C@H](OC(C)=O)C[C@@H]12. The summed E-state index contributed by atoms with van der Waals surface area (Å²) in [6.07, 6.45) is 6.65. The number of hydrogen-bond acceptors (Lipinski definition) is 5. The smallest absolute Gasteiger partial charge is 0.334 e. The number of allylic oxidation sites excluding steroid dienone is 3. The molecule has 0 aromatic carbocycles. The van der Waals surface area contributed by atoms with E-state index in [-0.39, 0.29) is 11.7 Å². The summed E-state index contributed by atoms with van der Waals surface area (Å²) in [5.41, 5.74) is 2.75. The van der Waals surface area contributed by atoms with Gasteiger partial charge in [0.05, 0.1) is 5.92 Å². The van der Waals surface area contributed by atoms with Crippen molar-refractivity contribution in [3.05, 3.63) is 35.5 Å². The van der Waals surface area contributed by atoms with E-state index in [0.717, 1.165) is 24.8 Å². The fourth-order valence-corrected chi connectivity index (χ4v) is 3.86. The van der Waals surface area contributed by atoms with Crippen LogP contribution in [0.15, 0.2) is 35.5 Å². The first-order valence-corrected chi connectivity index (χ1v) is 9.59. The topological polar surface area (TPSA) is 69.7 Å². The maximum absolute atomic E-state index is 12.3. The molecule has 2 rings (SSSR count). The molecule has 0 N–H and O–H groups in total. The first-order valence-electron chi connectivity index (χ1n) is 9.59. The van der Waals surface area contributed by atoms with Crippen molar-refractivity contribution in [1.82, 2.24) is 0 Å². The highest BCUT2D eigenvalue weighted by molar-refractivity contribution is 5.91. The second-order valence-electron chi connectivity index (χ2n) is 7.74. The summed E-state index contributed by atoms with van der Waals surface area (Å²) >= 11 is 0. The van der Waals surface area contributed by atoms with Crippen LogP contribution in [0.3, 0.4) is 0 Å². The van der Waals surface area contributed by atoms with Gasteiger partial charge < -0.3 is 9.47 Å². The molecule has 1 aliphatic heterocycles. The number of esters is 2. The molecule has 1 aliphatic carbocycles. The van der Waals surface area contributed by atoms with Crippen LogP contribution in [0.5, 0.6) is 0 Å². The van der Waals surface area contributed by atoms with Crippen LogP contribution in [0.2, 0.25) is 0 Å². The van der Waals surface area contributed by atoms with E-state index in [1.165, 1.54) is 19.4 Å². The minimum absolute atomic E-state index is 0.0111. The van der Waals surface area contributed by atoms with Gasteiger partial charge in [0.25, 0.3) is 0 Å². The minimum Gasteiger partial charge on any atom is -0.462 e. The Morgan fingerprint density at radius 1 is 1.19 bits per heavy atom. The van der Waals surface area contributed by atoms with E-state index in [1.807, 2.05) is 13.0 Å². The first kappa shape index (κ1) is 21.1. The number of fused-ring (bicyclic) bond motifs is 1. The molecule has 4 atom stereocenters. The van der Waals surface area contributed by atoms with Crippen LogP contribution in [-0.2, 0) is 23.9 Å². The van der Waals surface area contributed by atoms with Gasteiger partial charge in [-0.2, -0.15) is 0 Å². The highest BCUT2D eigenvalue weighted by Crippen LogP contribution is 2.36. The molecule has 0 bridgehead atoms. The van der Waals surface area contributed by atoms with E-state index in [4.69, 9.17) is 9.47 Å². The number of rotatable bonds is 2. The van der Waals surface area contributed by atoms with E-state index in [9.17, 15) is 14.4 Å². The first-order chi connectivity index (χ1) is 12.7. The number of ether oxygens (including phenoxy) is 2. The van der Waals surface area contributed by atoms with E-state index in [1.54, 1.807) is 0 Å². The standard InChI is InChI=1S/C22H30O5/c1-13-7-6-8-14(2)11-20-19(15(3)22(25)27-20)12-21(26-17(5)24)18(10-9-13)16(4)23/h7,11,18-21H,3,6,8-10,12H2,1-2,4-5H3/b13-7+,14-11+/t18?,19-,20-,21+/m0/s1. The van der Waals surface area contributed by atoms with Gasteiger partial charge in [-0.3, -0.25) is 9.59 Å². The summed E-state index contributed by atoms with van der Waals surface area (Å²) in [6, 6.07) is 0. The summed E-state index contributed by atoms with van der Waals surface area (Å²) in [7, 11) is 0. The van der Waals surface area contributed by atoms with Crippen molar-refractivity contribution >= 4 is 17.7 Å². The second-order valence-corrected chi connectivity index (χ2v) is 7.74. The molecule has 0 spiro atoms. The molecule has 0 aromatic heterocycles. The highest BCUT2D eigenvalue weighted by atomic mass is 16.6. The van der Waals surface area contributed by atoms with Gasteiger partial charge >= 0.3 is 11.9 Å². The van der Waals surface area contributed by atoms with Crippen molar-refractivity contribution < 1.29 is 23.9 Å². The maximum Gasteiger partial charge on any atom is 0.334 e. The van der Waals surface area contributed by atoms with Crippen LogP contribution in [0.4, 0.5) is 0 Å². The molecule has 5 heteroatoms. The van der Waals surface area contributed by atoms with Crippen molar-refractivity contribution in [2.45, 2.75) is 72.0 Å². The molecule has 0 aromatic rings. The molecule has 0 radical (unpaired) electrons. The van der Waals surface area contributed by atoms with Gasteiger partial charge in [0.15, 0.2) is 0 Å². The van der Waals surface area contributed by atoms with Crippen LogP contribution in [0.25, 0.3) is 0 Å². The van der Waals surface area contributed by atoms with Gasteiger partial charge in [-0.15, -0.1) is 0 Å². The van der Waals surface area contributed by atoms with Crippen LogP contribution < -0.4 is 0 Å². The predicted molar refractivity (Wildman–Crippen MR) is 103 cm³/mol. The molecular formula is C22H30O5. The molecule has 2 aliphatic rings. The van der Waals surface area contributed by atoms with Crippen molar-refractivity contribution in [3.8, 4) is 0 Å². The second kappa shape index (κ2) is 9.16. The zero-order chi connectivity index (χ0) is 20.1. The monoisotopic (exact) mass is 374 g/mol. The summed E-state index contributed by atoms with van der Waals surface area (Å²) in [5, 5.41) is 0. The number of Topliss-reactive ketones (excluding diaryl/α,β-unsaturated/α-hetero) is 1. The normalized spacial score (nSPS) is 33.8. The number of carbonyl (C=O) groups excluding carboxylic acids is 3. The fraction of sp³-hybridized carbons (Fsp3) is 0.591. The Hall–Kier alpha value is -2.17. The molecule has 27 heavy (non-hydrogen) atoms. The zero-order valence-electron chi connectivity index (χ0n) is 16.7. The minimum atomic E-state index is -0.596. The third kappa shape index (κ3) is 5.65. The Morgan fingerprint density at radius 3 is 2.52 bits per heavy atom. The molecule has 0 saturated carbocycles. The number of hydrogen-bond donors (Lipinski definition) is 0. The van der Waals surface area contributed by atoms with E-state index < -0.39 is 30.1 Å². The Bertz CT molecular complexity index is 685. The van der Waals surface area contributed by atoms with E-state index >= 15 is 0 Å². The molecule has 1 heterocycles. The van der Waals surface area contributed by atoms with Crippen LogP contribution in [0, 0.1) is 11.8 Å². The summed E-state index contributed by atoms with van der Waals surface area (Å²) in [5.74, 6) is -1.57. The fourth-order valence-electron chi connectivity index (χ4n) is 3.86. The molecule has 0 amide bonds. The van der Waals surface area contributed by atoms with Gasteiger partial charge in [-0.05, 0) is 59.0 Å². The lowest BCUT2D eigenvalue weighted by Crippen LogP contribution is -2.34. The van der Waals surface area contributed by atoms with Crippen LogP contribution in [0.1, 0.15) is 59.8 Å². The average molecular weight is 374 g/mol. The summed E-state index contributed by atoms with van der Waals surface area (Å²) in [6.45, 7) is 10.9. The lowest BCUT2D eigenvalue weighted by atomic mass is 9.82. The third-order valence-corrected chi connectivity index (χ3v) is 5.45. The van der Waals surface area contributed by atoms with E-state index in [0.29, 0.717) is 18.4 Å². The average Bonchev–Trinajstić information content (AvgIpc) is 2.81. The van der Waals surface area contributed by atoms with Crippen LogP contribution >= 0.6 is 0 Å². The predicted octanol–water partition coefficient (Wildman–Crippen LogP) is 4.08. The quantitative estimate of drug-likeness (QED) is 0.414. The molecule has 5 nitrogen and oxygen atoms in total. The van der Waals surface area contributed by atoms with Crippen LogP contribution in [-0.4, -0.2) is 29.9 Å². The highest BCUT2D eigenvalue weighted by Gasteiger charge is 2.41. The van der Waals surface area contributed by atoms with Gasteiger partial charge in [-0.25, -0.2) is 4.79 Å². The Labute approximate surface area is 161 Å². The van der Waals surface area contributed by atoms with Gasteiger partial charge in [0, 0.05) is 18.4 Å². The third-order valence-electron chi connectivity index (χ3n) is 5.45. The van der Waals surface area contributed by atoms with Gasteiger partial charge in [-0.1, -0.05) is 23.8 Å². The lowest BCUT2D eigenvalue weighted by molar-refractivity contribution is -0.152. The molecular weight excluding hydrogens is 344 g/mol. The molecule has 148 valence electrons. The van der Waals surface area contributed by atoms with Crippen molar-refractivity contribution in [1.29, 1.82) is 0 Å². The summed E-state index contributed by atoms with van der Waals surface area (Å²) < 4.78 is 11.0. The van der Waals surface area contributed by atoms with Crippen molar-refractivity contribution in [2.24, 2.45) is 11.8 Å². The van der Waals surface area contributed by atoms with E-state index in [2.05, 4.69) is 19.6 Å². The molecule has 1 saturated heterocycles.